The lowest BCUT2D eigenvalue weighted by molar-refractivity contribution is 0.534. The van der Waals surface area contributed by atoms with Gasteiger partial charge in [-0.15, -0.1) is 0 Å². The topological polar surface area (TPSA) is 61.8 Å². The molecular formula is C13H17N3. The monoisotopic (exact) mass is 215 g/mol. The molecule has 1 heterocycles. The maximum absolute atomic E-state index is 9.11. The van der Waals surface area contributed by atoms with Gasteiger partial charge in [0.25, 0.3) is 0 Å². The van der Waals surface area contributed by atoms with Crippen molar-refractivity contribution in [2.45, 2.75) is 31.7 Å². The summed E-state index contributed by atoms with van der Waals surface area (Å²) in [7, 11) is 0. The van der Waals surface area contributed by atoms with Crippen LogP contribution in [0.3, 0.4) is 0 Å². The van der Waals surface area contributed by atoms with Crippen molar-refractivity contribution in [3.8, 4) is 6.07 Å². The van der Waals surface area contributed by atoms with Crippen LogP contribution in [0.2, 0.25) is 0 Å². The SMILES string of the molecule is N#Cc1cc(N)ccc1[C@@H]1CCCCCN1. The molecular weight excluding hydrogens is 198 g/mol. The molecule has 0 amide bonds. The van der Waals surface area contributed by atoms with Gasteiger partial charge in [0, 0.05) is 11.7 Å². The van der Waals surface area contributed by atoms with E-state index in [0.717, 1.165) is 18.5 Å². The van der Waals surface area contributed by atoms with Crippen LogP contribution in [0.5, 0.6) is 0 Å². The first-order chi connectivity index (χ1) is 7.81. The molecule has 16 heavy (non-hydrogen) atoms. The number of rotatable bonds is 1. The van der Waals surface area contributed by atoms with Gasteiger partial charge in [-0.25, -0.2) is 0 Å². The third kappa shape index (κ3) is 2.34. The summed E-state index contributed by atoms with van der Waals surface area (Å²) < 4.78 is 0. The van der Waals surface area contributed by atoms with E-state index in [-0.39, 0.29) is 0 Å². The molecule has 1 atom stereocenters. The zero-order valence-corrected chi connectivity index (χ0v) is 9.37. The van der Waals surface area contributed by atoms with Crippen molar-refractivity contribution in [1.29, 1.82) is 5.26 Å². The van der Waals surface area contributed by atoms with Gasteiger partial charge in [-0.05, 0) is 37.1 Å². The first-order valence-electron chi connectivity index (χ1n) is 5.84. The molecule has 0 aromatic heterocycles. The minimum atomic E-state index is 0.317. The van der Waals surface area contributed by atoms with Crippen LogP contribution in [0.15, 0.2) is 18.2 Å². The Balaban J connectivity index is 2.28. The normalized spacial score (nSPS) is 21.1. The van der Waals surface area contributed by atoms with Gasteiger partial charge in [0.15, 0.2) is 0 Å². The van der Waals surface area contributed by atoms with E-state index in [0.29, 0.717) is 17.3 Å². The summed E-state index contributed by atoms with van der Waals surface area (Å²) in [5.41, 5.74) is 8.16. The molecule has 1 aliphatic heterocycles. The molecule has 0 unspecified atom stereocenters. The summed E-state index contributed by atoms with van der Waals surface area (Å²) in [6, 6.07) is 8.18. The number of nitrogens with two attached hydrogens (primary N) is 1. The Morgan fingerprint density at radius 3 is 3.00 bits per heavy atom. The average molecular weight is 215 g/mol. The smallest absolute Gasteiger partial charge is 0.0995 e. The van der Waals surface area contributed by atoms with Crippen molar-refractivity contribution < 1.29 is 0 Å². The Hall–Kier alpha value is -1.53. The second-order valence-electron chi connectivity index (χ2n) is 4.31. The van der Waals surface area contributed by atoms with Crippen molar-refractivity contribution in [3.63, 3.8) is 0 Å². The Morgan fingerprint density at radius 2 is 2.19 bits per heavy atom. The summed E-state index contributed by atoms with van der Waals surface area (Å²) in [6.07, 6.45) is 4.85. The first-order valence-corrected chi connectivity index (χ1v) is 5.84. The van der Waals surface area contributed by atoms with E-state index in [2.05, 4.69) is 11.4 Å². The van der Waals surface area contributed by atoms with E-state index in [1.165, 1.54) is 19.3 Å². The second kappa shape index (κ2) is 5.00. The molecule has 1 aromatic carbocycles. The minimum Gasteiger partial charge on any atom is -0.399 e. The molecule has 0 radical (unpaired) electrons. The lowest BCUT2D eigenvalue weighted by atomic mass is 9.97. The van der Waals surface area contributed by atoms with E-state index in [1.54, 1.807) is 6.07 Å². The fraction of sp³-hybridized carbons (Fsp3) is 0.462. The largest absolute Gasteiger partial charge is 0.399 e. The zero-order chi connectivity index (χ0) is 11.4. The fourth-order valence-electron chi connectivity index (χ4n) is 2.27. The Morgan fingerprint density at radius 1 is 1.31 bits per heavy atom. The Labute approximate surface area is 96.3 Å². The molecule has 1 aromatic rings. The molecule has 0 spiro atoms. The molecule has 3 nitrogen and oxygen atoms in total. The molecule has 3 N–H and O–H groups in total. The van der Waals surface area contributed by atoms with Gasteiger partial charge in [-0.3, -0.25) is 0 Å². The van der Waals surface area contributed by atoms with Crippen LogP contribution < -0.4 is 11.1 Å². The highest BCUT2D eigenvalue weighted by Crippen LogP contribution is 2.26. The third-order valence-corrected chi connectivity index (χ3v) is 3.13. The van der Waals surface area contributed by atoms with Crippen LogP contribution in [0.25, 0.3) is 0 Å². The van der Waals surface area contributed by atoms with Crippen molar-refractivity contribution in [3.05, 3.63) is 29.3 Å². The van der Waals surface area contributed by atoms with Crippen LogP contribution in [0, 0.1) is 11.3 Å². The molecule has 2 rings (SSSR count). The highest BCUT2D eigenvalue weighted by atomic mass is 14.9. The van der Waals surface area contributed by atoms with Crippen molar-refractivity contribution in [2.24, 2.45) is 0 Å². The average Bonchev–Trinajstić information content (AvgIpc) is 2.57. The number of benzene rings is 1. The van der Waals surface area contributed by atoms with E-state index in [9.17, 15) is 0 Å². The van der Waals surface area contributed by atoms with Gasteiger partial charge in [0.1, 0.15) is 0 Å². The Bertz CT molecular complexity index is 398. The quantitative estimate of drug-likeness (QED) is 0.707. The van der Waals surface area contributed by atoms with Gasteiger partial charge >= 0.3 is 0 Å². The van der Waals surface area contributed by atoms with E-state index in [1.807, 2.05) is 12.1 Å². The number of hydrogen-bond donors (Lipinski definition) is 2. The number of hydrogen-bond acceptors (Lipinski definition) is 3. The number of anilines is 1. The third-order valence-electron chi connectivity index (χ3n) is 3.13. The van der Waals surface area contributed by atoms with Crippen molar-refractivity contribution in [1.82, 2.24) is 5.32 Å². The Kier molecular flexibility index (Phi) is 3.43. The minimum absolute atomic E-state index is 0.317. The molecule has 84 valence electrons. The molecule has 0 saturated carbocycles. The zero-order valence-electron chi connectivity index (χ0n) is 9.37. The number of nitrogens with zero attached hydrogens (tertiary/aromatic N) is 1. The van der Waals surface area contributed by atoms with Crippen LogP contribution in [0.1, 0.15) is 42.9 Å². The van der Waals surface area contributed by atoms with Crippen LogP contribution in [0.4, 0.5) is 5.69 Å². The fourth-order valence-corrected chi connectivity index (χ4v) is 2.27. The number of nitrogens with one attached hydrogen (secondary N) is 1. The molecule has 1 saturated heterocycles. The summed E-state index contributed by atoms with van der Waals surface area (Å²) >= 11 is 0. The van der Waals surface area contributed by atoms with E-state index < -0.39 is 0 Å². The van der Waals surface area contributed by atoms with Gasteiger partial charge in [0.2, 0.25) is 0 Å². The summed E-state index contributed by atoms with van der Waals surface area (Å²) in [4.78, 5) is 0. The standard InChI is InChI=1S/C13H17N3/c14-9-10-8-11(15)5-6-12(10)13-4-2-1-3-7-16-13/h5-6,8,13,16H,1-4,7,15H2/t13-/m0/s1. The summed E-state index contributed by atoms with van der Waals surface area (Å²) in [5, 5.41) is 12.6. The van der Waals surface area contributed by atoms with Crippen molar-refractivity contribution in [2.75, 3.05) is 12.3 Å². The predicted molar refractivity (Wildman–Crippen MR) is 64.8 cm³/mol. The lowest BCUT2D eigenvalue weighted by Crippen LogP contribution is -2.21. The maximum atomic E-state index is 9.11. The molecule has 1 aliphatic rings. The van der Waals surface area contributed by atoms with Crippen molar-refractivity contribution >= 4 is 5.69 Å². The summed E-state index contributed by atoms with van der Waals surface area (Å²) in [5.74, 6) is 0. The number of nitrogen functional groups attached to an aromatic ring is 1. The van der Waals surface area contributed by atoms with Gasteiger partial charge < -0.3 is 11.1 Å². The first kappa shape index (κ1) is 11.0. The second-order valence-corrected chi connectivity index (χ2v) is 4.31. The van der Waals surface area contributed by atoms with Gasteiger partial charge in [-0.1, -0.05) is 18.9 Å². The van der Waals surface area contributed by atoms with Crippen LogP contribution >= 0.6 is 0 Å². The molecule has 0 bridgehead atoms. The highest BCUT2D eigenvalue weighted by molar-refractivity contribution is 5.50. The molecule has 1 fully saturated rings. The molecule has 0 aliphatic carbocycles. The predicted octanol–water partition coefficient (Wildman–Crippen LogP) is 2.35. The van der Waals surface area contributed by atoms with Crippen LogP contribution in [-0.2, 0) is 0 Å². The highest BCUT2D eigenvalue weighted by Gasteiger charge is 2.16. The van der Waals surface area contributed by atoms with E-state index in [4.69, 9.17) is 11.0 Å². The number of nitriles is 1. The van der Waals surface area contributed by atoms with Crippen LogP contribution in [-0.4, -0.2) is 6.54 Å². The van der Waals surface area contributed by atoms with E-state index >= 15 is 0 Å². The van der Waals surface area contributed by atoms with Gasteiger partial charge in [-0.2, -0.15) is 5.26 Å². The molecule has 3 heteroatoms. The van der Waals surface area contributed by atoms with Gasteiger partial charge in [0.05, 0.1) is 11.6 Å². The maximum Gasteiger partial charge on any atom is 0.0995 e. The lowest BCUT2D eigenvalue weighted by Gasteiger charge is -2.17. The summed E-state index contributed by atoms with van der Waals surface area (Å²) in [6.45, 7) is 1.04.